The first-order valence-corrected chi connectivity index (χ1v) is 16.8. The van der Waals surface area contributed by atoms with Crippen molar-refractivity contribution in [3.63, 3.8) is 0 Å². The summed E-state index contributed by atoms with van der Waals surface area (Å²) in [5.41, 5.74) is 5.91. The van der Waals surface area contributed by atoms with Crippen LogP contribution in [0.5, 0.6) is 0 Å². The van der Waals surface area contributed by atoms with Gasteiger partial charge in [0, 0.05) is 20.1 Å². The number of hydrogen-bond acceptors (Lipinski definition) is 6. The standard InChI is InChI=1S/C42H41NO6/c1-46-42(47-2,49-41(30-16-6-3-7-17-30,31-18-8-4-9-19-31)32-20-10-5-11-21-32)39-27-26-33(28-44)43(39)40(45)48-29-38-36-24-14-12-22-34(36)35-23-13-15-25-37(35)38/h3-25,33,38-39,44H,26-29H2,1-2H3/t33-,39-/m0/s1. The van der Waals surface area contributed by atoms with Crippen molar-refractivity contribution in [2.45, 2.75) is 42.4 Å². The second-order valence-corrected chi connectivity index (χ2v) is 12.5. The second kappa shape index (κ2) is 14.0. The monoisotopic (exact) mass is 655 g/mol. The molecular formula is C42H41NO6. The van der Waals surface area contributed by atoms with E-state index in [9.17, 15) is 9.90 Å². The number of ether oxygens (including phenoxy) is 4. The van der Waals surface area contributed by atoms with Crippen LogP contribution in [0, 0.1) is 0 Å². The van der Waals surface area contributed by atoms with Crippen LogP contribution in [0.3, 0.4) is 0 Å². The number of aliphatic hydroxyl groups is 1. The van der Waals surface area contributed by atoms with Gasteiger partial charge in [0.25, 0.3) is 0 Å². The third-order valence-electron chi connectivity index (χ3n) is 10.1. The third-order valence-corrected chi connectivity index (χ3v) is 10.1. The van der Waals surface area contributed by atoms with Gasteiger partial charge in [0.15, 0.2) is 0 Å². The van der Waals surface area contributed by atoms with Gasteiger partial charge < -0.3 is 24.1 Å². The van der Waals surface area contributed by atoms with E-state index in [1.807, 2.05) is 115 Å². The van der Waals surface area contributed by atoms with E-state index in [1.165, 1.54) is 14.2 Å². The van der Waals surface area contributed by atoms with E-state index in [2.05, 4.69) is 24.3 Å². The SMILES string of the molecule is COC(OC)(OC(c1ccccc1)(c1ccccc1)c1ccccc1)[C@@H]1CC[C@@H](CO)N1C(=O)OCC1c2ccccc2-c2ccccc21. The summed E-state index contributed by atoms with van der Waals surface area (Å²) in [6, 6.07) is 45.0. The zero-order valence-electron chi connectivity index (χ0n) is 27.8. The Labute approximate surface area is 287 Å². The maximum Gasteiger partial charge on any atom is 0.410 e. The summed E-state index contributed by atoms with van der Waals surface area (Å²) in [5.74, 6) is -1.88. The minimum absolute atomic E-state index is 0.113. The molecule has 1 saturated heterocycles. The molecule has 0 unspecified atom stereocenters. The van der Waals surface area contributed by atoms with Crippen molar-refractivity contribution >= 4 is 6.09 Å². The average molecular weight is 656 g/mol. The van der Waals surface area contributed by atoms with Crippen LogP contribution in [0.4, 0.5) is 4.79 Å². The molecule has 0 saturated carbocycles. The number of amides is 1. The largest absolute Gasteiger partial charge is 0.448 e. The van der Waals surface area contributed by atoms with Crippen LogP contribution in [0.1, 0.15) is 46.6 Å². The van der Waals surface area contributed by atoms with Gasteiger partial charge in [-0.1, -0.05) is 140 Å². The van der Waals surface area contributed by atoms with Crippen molar-refractivity contribution in [2.24, 2.45) is 0 Å². The Morgan fingerprint density at radius 1 is 0.673 bits per heavy atom. The molecule has 0 aromatic heterocycles. The summed E-state index contributed by atoms with van der Waals surface area (Å²) < 4.78 is 26.0. The van der Waals surface area contributed by atoms with E-state index in [-0.39, 0.29) is 19.1 Å². The number of methoxy groups -OCH3 is 2. The minimum Gasteiger partial charge on any atom is -0.448 e. The number of carbonyl (C=O) groups excluding carboxylic acids is 1. The lowest BCUT2D eigenvalue weighted by molar-refractivity contribution is -0.406. The number of nitrogens with zero attached hydrogens (tertiary/aromatic N) is 1. The Morgan fingerprint density at radius 2 is 1.12 bits per heavy atom. The van der Waals surface area contributed by atoms with Crippen molar-refractivity contribution in [3.8, 4) is 11.1 Å². The van der Waals surface area contributed by atoms with E-state index in [1.54, 1.807) is 4.90 Å². The van der Waals surface area contributed by atoms with Gasteiger partial charge in [0.05, 0.1) is 12.6 Å². The summed E-state index contributed by atoms with van der Waals surface area (Å²) >= 11 is 0. The normalized spacial score (nSPS) is 17.5. The highest BCUT2D eigenvalue weighted by Gasteiger charge is 2.57. The number of carbonyl (C=O) groups is 1. The Morgan fingerprint density at radius 3 is 1.57 bits per heavy atom. The zero-order chi connectivity index (χ0) is 33.8. The molecule has 49 heavy (non-hydrogen) atoms. The summed E-state index contributed by atoms with van der Waals surface area (Å²) in [5, 5.41) is 10.5. The molecule has 0 spiro atoms. The number of benzene rings is 5. The summed E-state index contributed by atoms with van der Waals surface area (Å²) in [6.07, 6.45) is 0.402. The molecule has 0 bridgehead atoms. The zero-order valence-corrected chi connectivity index (χ0v) is 27.8. The predicted octanol–water partition coefficient (Wildman–Crippen LogP) is 7.72. The molecule has 1 amide bonds. The molecule has 1 heterocycles. The highest BCUT2D eigenvalue weighted by atomic mass is 16.9. The van der Waals surface area contributed by atoms with Crippen molar-refractivity contribution in [1.29, 1.82) is 0 Å². The molecule has 7 rings (SSSR count). The van der Waals surface area contributed by atoms with Gasteiger partial charge >= 0.3 is 12.1 Å². The minimum atomic E-state index is -1.77. The highest BCUT2D eigenvalue weighted by molar-refractivity contribution is 5.79. The smallest absolute Gasteiger partial charge is 0.410 e. The van der Waals surface area contributed by atoms with Crippen LogP contribution >= 0.6 is 0 Å². The molecule has 7 heteroatoms. The molecule has 250 valence electrons. The molecule has 5 aromatic rings. The number of hydrogen-bond donors (Lipinski definition) is 1. The van der Waals surface area contributed by atoms with Gasteiger partial charge in [-0.2, -0.15) is 0 Å². The second-order valence-electron chi connectivity index (χ2n) is 12.5. The van der Waals surface area contributed by atoms with E-state index in [4.69, 9.17) is 18.9 Å². The number of fused-ring (bicyclic) bond motifs is 3. The molecule has 1 fully saturated rings. The van der Waals surface area contributed by atoms with Crippen molar-refractivity contribution in [2.75, 3.05) is 27.4 Å². The van der Waals surface area contributed by atoms with Crippen molar-refractivity contribution < 1.29 is 28.8 Å². The van der Waals surface area contributed by atoms with Crippen molar-refractivity contribution in [3.05, 3.63) is 167 Å². The Hall–Kier alpha value is -4.79. The van der Waals surface area contributed by atoms with Gasteiger partial charge in [-0.05, 0) is 51.8 Å². The van der Waals surface area contributed by atoms with Crippen LogP contribution in [-0.4, -0.2) is 61.6 Å². The first-order chi connectivity index (χ1) is 24.1. The Kier molecular flexibility index (Phi) is 9.34. The molecule has 2 aliphatic rings. The number of rotatable bonds is 11. The lowest BCUT2D eigenvalue weighted by atomic mass is 9.80. The molecule has 2 atom stereocenters. The quantitative estimate of drug-likeness (QED) is 0.116. The Balaban J connectivity index is 1.27. The van der Waals surface area contributed by atoms with Crippen LogP contribution in [-0.2, 0) is 24.5 Å². The Bertz CT molecular complexity index is 1720. The van der Waals surface area contributed by atoms with E-state index >= 15 is 0 Å². The fraction of sp³-hybridized carbons (Fsp3) is 0.262. The van der Waals surface area contributed by atoms with Crippen LogP contribution in [0.2, 0.25) is 0 Å². The summed E-state index contributed by atoms with van der Waals surface area (Å²) in [7, 11) is 3.05. The van der Waals surface area contributed by atoms with Crippen LogP contribution < -0.4 is 0 Å². The topological polar surface area (TPSA) is 77.5 Å². The summed E-state index contributed by atoms with van der Waals surface area (Å²) in [6.45, 7) is -0.102. The van der Waals surface area contributed by atoms with E-state index < -0.39 is 29.8 Å². The predicted molar refractivity (Wildman–Crippen MR) is 188 cm³/mol. The van der Waals surface area contributed by atoms with Gasteiger partial charge in [-0.25, -0.2) is 4.79 Å². The fourth-order valence-electron chi connectivity index (χ4n) is 7.77. The molecule has 5 aromatic carbocycles. The van der Waals surface area contributed by atoms with E-state index in [0.29, 0.717) is 12.8 Å². The van der Waals surface area contributed by atoms with Crippen molar-refractivity contribution in [1.82, 2.24) is 4.90 Å². The molecule has 0 radical (unpaired) electrons. The first kappa shape index (κ1) is 32.7. The van der Waals surface area contributed by atoms with E-state index in [0.717, 1.165) is 38.9 Å². The van der Waals surface area contributed by atoms with Crippen LogP contribution in [0.25, 0.3) is 11.1 Å². The maximum atomic E-state index is 14.3. The highest BCUT2D eigenvalue weighted by Crippen LogP contribution is 2.48. The van der Waals surface area contributed by atoms with Gasteiger partial charge in [0.2, 0.25) is 0 Å². The number of aliphatic hydroxyl groups excluding tert-OH is 1. The van der Waals surface area contributed by atoms with Crippen LogP contribution in [0.15, 0.2) is 140 Å². The van der Waals surface area contributed by atoms with Gasteiger partial charge in [-0.3, -0.25) is 4.90 Å². The fourth-order valence-corrected chi connectivity index (χ4v) is 7.77. The van der Waals surface area contributed by atoms with Gasteiger partial charge in [0.1, 0.15) is 18.2 Å². The van der Waals surface area contributed by atoms with Gasteiger partial charge in [-0.15, -0.1) is 0 Å². The molecule has 1 aliphatic heterocycles. The third kappa shape index (κ3) is 5.73. The number of likely N-dealkylation sites (tertiary alicyclic amines) is 1. The maximum absolute atomic E-state index is 14.3. The average Bonchev–Trinajstić information content (AvgIpc) is 3.76. The molecule has 1 aliphatic carbocycles. The lowest BCUT2D eigenvalue weighted by Gasteiger charge is -2.47. The molecular weight excluding hydrogens is 614 g/mol. The molecule has 7 nitrogen and oxygen atoms in total. The first-order valence-electron chi connectivity index (χ1n) is 16.8. The lowest BCUT2D eigenvalue weighted by Crippen LogP contribution is -2.60. The molecule has 1 N–H and O–H groups in total. The summed E-state index contributed by atoms with van der Waals surface area (Å²) in [4.78, 5) is 15.8.